The van der Waals surface area contributed by atoms with Crippen LogP contribution >= 0.6 is 0 Å². The Morgan fingerprint density at radius 1 is 1.53 bits per heavy atom. The van der Waals surface area contributed by atoms with E-state index in [-0.39, 0.29) is 11.6 Å². The summed E-state index contributed by atoms with van der Waals surface area (Å²) < 4.78 is 1.78. The molecule has 2 aromatic rings. The maximum atomic E-state index is 11.7. The summed E-state index contributed by atoms with van der Waals surface area (Å²) in [5.74, 6) is 0.0998. The van der Waals surface area contributed by atoms with Crippen LogP contribution in [0.25, 0.3) is 5.57 Å². The largest absolute Gasteiger partial charge is 0.382 e. The number of nitrogens with two attached hydrogens (primary N) is 1. The summed E-state index contributed by atoms with van der Waals surface area (Å²) in [6, 6.07) is 1.95. The molecule has 0 radical (unpaired) electrons. The number of rotatable bonds is 3. The molecule has 6 nitrogen and oxygen atoms in total. The Balaban J connectivity index is 2.58. The molecular formula is C13H17N5O. The van der Waals surface area contributed by atoms with Crippen LogP contribution in [0.4, 0.5) is 5.82 Å². The van der Waals surface area contributed by atoms with Crippen molar-refractivity contribution < 1.29 is 4.79 Å². The highest BCUT2D eigenvalue weighted by molar-refractivity contribution is 6.03. The average Bonchev–Trinajstić information content (AvgIpc) is 2.85. The van der Waals surface area contributed by atoms with Crippen LogP contribution in [0.3, 0.4) is 0 Å². The molecule has 0 unspecified atom stereocenters. The normalized spacial score (nSPS) is 11.9. The first-order valence-electron chi connectivity index (χ1n) is 5.98. The van der Waals surface area contributed by atoms with Crippen molar-refractivity contribution >= 4 is 17.2 Å². The van der Waals surface area contributed by atoms with Crippen LogP contribution in [0.2, 0.25) is 0 Å². The number of carbonyl (C=O) groups is 1. The van der Waals surface area contributed by atoms with E-state index in [0.29, 0.717) is 11.3 Å². The molecule has 3 N–H and O–H groups in total. The van der Waals surface area contributed by atoms with Crippen molar-refractivity contribution in [2.75, 3.05) is 5.73 Å². The van der Waals surface area contributed by atoms with Gasteiger partial charge in [-0.3, -0.25) is 14.6 Å². The van der Waals surface area contributed by atoms with Crippen molar-refractivity contribution in [2.24, 2.45) is 7.05 Å². The standard InChI is InChI=1S/C13H17N5O/c1-5-9(10-6-7(2)18(4)17-10)12-11(8(3)19)13(14)16-15-12/h5-6H,1-4H3,(H3,14,15,16)/b9-5-. The van der Waals surface area contributed by atoms with Crippen LogP contribution < -0.4 is 5.73 Å². The van der Waals surface area contributed by atoms with E-state index in [9.17, 15) is 4.79 Å². The summed E-state index contributed by atoms with van der Waals surface area (Å²) in [6.45, 7) is 5.33. The van der Waals surface area contributed by atoms with E-state index in [0.717, 1.165) is 17.0 Å². The fourth-order valence-corrected chi connectivity index (χ4v) is 2.02. The number of hydrogen-bond acceptors (Lipinski definition) is 4. The van der Waals surface area contributed by atoms with Gasteiger partial charge in [-0.25, -0.2) is 0 Å². The SMILES string of the molecule is C/C=C(/c1cc(C)n(C)n1)c1[nH]nc(N)c1C(C)=O. The monoisotopic (exact) mass is 259 g/mol. The van der Waals surface area contributed by atoms with Crippen LogP contribution in [0.5, 0.6) is 0 Å². The number of carbonyl (C=O) groups excluding carboxylic acids is 1. The molecule has 2 aromatic heterocycles. The van der Waals surface area contributed by atoms with E-state index < -0.39 is 0 Å². The van der Waals surface area contributed by atoms with Gasteiger partial charge in [0.15, 0.2) is 11.6 Å². The number of ketones is 1. The third-order valence-electron chi connectivity index (χ3n) is 3.09. The van der Waals surface area contributed by atoms with Gasteiger partial charge in [0.1, 0.15) is 0 Å². The Morgan fingerprint density at radius 2 is 2.21 bits per heavy atom. The van der Waals surface area contributed by atoms with Crippen molar-refractivity contribution in [3.8, 4) is 0 Å². The first-order chi connectivity index (χ1) is 8.95. The molecule has 0 aliphatic carbocycles. The van der Waals surface area contributed by atoms with E-state index in [1.807, 2.05) is 33.0 Å². The molecule has 6 heteroatoms. The number of hydrogen-bond donors (Lipinski definition) is 2. The Morgan fingerprint density at radius 3 is 2.68 bits per heavy atom. The number of aromatic nitrogens is 4. The van der Waals surface area contributed by atoms with E-state index in [2.05, 4.69) is 15.3 Å². The Hall–Kier alpha value is -2.37. The number of nitrogens with one attached hydrogen (secondary N) is 1. The molecule has 0 aliphatic heterocycles. The lowest BCUT2D eigenvalue weighted by Gasteiger charge is -2.03. The van der Waals surface area contributed by atoms with Crippen molar-refractivity contribution in [3.05, 3.63) is 34.8 Å². The van der Waals surface area contributed by atoms with Gasteiger partial charge in [-0.1, -0.05) is 6.08 Å². The molecular weight excluding hydrogens is 242 g/mol. The van der Waals surface area contributed by atoms with Gasteiger partial charge in [0.05, 0.1) is 17.0 Å². The number of nitrogens with zero attached hydrogens (tertiary/aromatic N) is 3. The van der Waals surface area contributed by atoms with Crippen LogP contribution in [0.1, 0.15) is 41.3 Å². The van der Waals surface area contributed by atoms with Crippen LogP contribution in [0, 0.1) is 6.92 Å². The van der Waals surface area contributed by atoms with Gasteiger partial charge in [-0.15, -0.1) is 0 Å². The lowest BCUT2D eigenvalue weighted by atomic mass is 10.0. The molecule has 0 fully saturated rings. The highest BCUT2D eigenvalue weighted by atomic mass is 16.1. The van der Waals surface area contributed by atoms with E-state index >= 15 is 0 Å². The van der Waals surface area contributed by atoms with Gasteiger partial charge >= 0.3 is 0 Å². The second-order valence-corrected chi connectivity index (χ2v) is 4.41. The number of H-pyrrole nitrogens is 1. The first kappa shape index (κ1) is 13.1. The van der Waals surface area contributed by atoms with Gasteiger partial charge in [-0.2, -0.15) is 10.2 Å². The smallest absolute Gasteiger partial charge is 0.165 e. The molecule has 0 aromatic carbocycles. The summed E-state index contributed by atoms with van der Waals surface area (Å²) >= 11 is 0. The fraction of sp³-hybridized carbons (Fsp3) is 0.308. The Bertz CT molecular complexity index is 643. The topological polar surface area (TPSA) is 89.6 Å². The van der Waals surface area contributed by atoms with Crippen molar-refractivity contribution in [3.63, 3.8) is 0 Å². The van der Waals surface area contributed by atoms with Gasteiger partial charge in [0.25, 0.3) is 0 Å². The third-order valence-corrected chi connectivity index (χ3v) is 3.09. The molecule has 0 saturated carbocycles. The summed E-state index contributed by atoms with van der Waals surface area (Å²) in [6.07, 6.45) is 1.89. The minimum atomic E-state index is -0.117. The second kappa shape index (κ2) is 4.72. The molecule has 2 heterocycles. The quantitative estimate of drug-likeness (QED) is 0.821. The molecule has 0 atom stereocenters. The zero-order valence-corrected chi connectivity index (χ0v) is 11.5. The fourth-order valence-electron chi connectivity index (χ4n) is 2.02. The second-order valence-electron chi connectivity index (χ2n) is 4.41. The van der Waals surface area contributed by atoms with Crippen LogP contribution in [-0.4, -0.2) is 25.8 Å². The number of nitrogen functional groups attached to an aromatic ring is 1. The van der Waals surface area contributed by atoms with Crippen molar-refractivity contribution in [1.29, 1.82) is 0 Å². The van der Waals surface area contributed by atoms with Crippen molar-refractivity contribution in [2.45, 2.75) is 20.8 Å². The first-order valence-corrected chi connectivity index (χ1v) is 5.98. The molecule has 100 valence electrons. The molecule has 2 rings (SSSR count). The highest BCUT2D eigenvalue weighted by Crippen LogP contribution is 2.27. The highest BCUT2D eigenvalue weighted by Gasteiger charge is 2.20. The number of allylic oxidation sites excluding steroid dienone is 1. The average molecular weight is 259 g/mol. The number of aryl methyl sites for hydroxylation is 2. The van der Waals surface area contributed by atoms with Gasteiger partial charge in [0.2, 0.25) is 0 Å². The molecule has 0 bridgehead atoms. The lowest BCUT2D eigenvalue weighted by Crippen LogP contribution is -2.02. The Kier molecular flexibility index (Phi) is 3.25. The molecule has 0 spiro atoms. The van der Waals surface area contributed by atoms with Gasteiger partial charge < -0.3 is 5.73 Å². The molecule has 0 saturated heterocycles. The van der Waals surface area contributed by atoms with Crippen LogP contribution in [0.15, 0.2) is 12.1 Å². The molecule has 19 heavy (non-hydrogen) atoms. The van der Waals surface area contributed by atoms with E-state index in [4.69, 9.17) is 5.73 Å². The lowest BCUT2D eigenvalue weighted by molar-refractivity contribution is 0.101. The zero-order chi connectivity index (χ0) is 14.2. The summed E-state index contributed by atoms with van der Waals surface area (Å²) in [7, 11) is 1.87. The summed E-state index contributed by atoms with van der Waals surface area (Å²) in [5, 5.41) is 11.2. The van der Waals surface area contributed by atoms with Crippen molar-refractivity contribution in [1.82, 2.24) is 20.0 Å². The van der Waals surface area contributed by atoms with E-state index in [1.165, 1.54) is 6.92 Å². The predicted molar refractivity (Wildman–Crippen MR) is 73.7 cm³/mol. The minimum Gasteiger partial charge on any atom is -0.382 e. The van der Waals surface area contributed by atoms with Gasteiger partial charge in [0, 0.05) is 18.3 Å². The summed E-state index contributed by atoms with van der Waals surface area (Å²) in [4.78, 5) is 11.7. The number of aromatic amines is 1. The zero-order valence-electron chi connectivity index (χ0n) is 11.5. The maximum Gasteiger partial charge on any atom is 0.165 e. The number of anilines is 1. The van der Waals surface area contributed by atoms with E-state index in [1.54, 1.807) is 4.68 Å². The van der Waals surface area contributed by atoms with Crippen LogP contribution in [-0.2, 0) is 7.05 Å². The third kappa shape index (κ3) is 2.16. The Labute approximate surface area is 111 Å². The van der Waals surface area contributed by atoms with Gasteiger partial charge in [-0.05, 0) is 26.8 Å². The molecule has 0 amide bonds. The molecule has 0 aliphatic rings. The minimum absolute atomic E-state index is 0.117. The summed E-state index contributed by atoms with van der Waals surface area (Å²) in [5.41, 5.74) is 9.40. The maximum absolute atomic E-state index is 11.7. The number of Topliss-reactive ketones (excluding diaryl/α,β-unsaturated/α-hetero) is 1. The predicted octanol–water partition coefficient (Wildman–Crippen LogP) is 1.69.